The molecule has 1 saturated heterocycles. The first-order chi connectivity index (χ1) is 15.7. The highest BCUT2D eigenvalue weighted by Gasteiger charge is 2.45. The summed E-state index contributed by atoms with van der Waals surface area (Å²) in [5.74, 6) is 0.963. The zero-order chi connectivity index (χ0) is 24.3. The molecule has 1 saturated carbocycles. The van der Waals surface area contributed by atoms with Crippen molar-refractivity contribution in [3.63, 3.8) is 0 Å². The number of rotatable bonds is 7. The molecule has 6 nitrogen and oxygen atoms in total. The zero-order valence-electron chi connectivity index (χ0n) is 20.1. The van der Waals surface area contributed by atoms with Gasteiger partial charge >= 0.3 is 0 Å². The van der Waals surface area contributed by atoms with E-state index >= 15 is 0 Å². The molecule has 6 heteroatoms. The van der Waals surface area contributed by atoms with Gasteiger partial charge in [-0.3, -0.25) is 0 Å². The first-order valence-electron chi connectivity index (χ1n) is 11.7. The third kappa shape index (κ3) is 5.42. The Kier molecular flexibility index (Phi) is 8.54. The Morgan fingerprint density at radius 3 is 2.27 bits per heavy atom. The van der Waals surface area contributed by atoms with Gasteiger partial charge in [0.1, 0.15) is 36.3 Å². The number of benzene rings is 1. The molecule has 0 radical (unpaired) electrons. The Balaban J connectivity index is 1.95. The summed E-state index contributed by atoms with van der Waals surface area (Å²) in [5.41, 5.74) is 6.70. The molecular weight excluding hydrogens is 420 g/mol. The van der Waals surface area contributed by atoms with Crippen LogP contribution in [0.1, 0.15) is 45.6 Å². The number of hydrogen-bond acceptors (Lipinski definition) is 6. The quantitative estimate of drug-likeness (QED) is 0.501. The maximum Gasteiger partial charge on any atom is 0.118 e. The molecule has 0 bridgehead atoms. The van der Waals surface area contributed by atoms with Crippen LogP contribution >= 0.6 is 0 Å². The lowest BCUT2D eigenvalue weighted by atomic mass is 9.81. The van der Waals surface area contributed by atoms with Crippen molar-refractivity contribution in [1.29, 1.82) is 0 Å². The van der Waals surface area contributed by atoms with Crippen molar-refractivity contribution in [2.45, 2.75) is 77.0 Å². The molecule has 0 amide bonds. The van der Waals surface area contributed by atoms with Crippen LogP contribution < -0.4 is 4.74 Å². The maximum atomic E-state index is 10.7. The van der Waals surface area contributed by atoms with E-state index < -0.39 is 37.1 Å². The summed E-state index contributed by atoms with van der Waals surface area (Å²) >= 11 is 0. The Morgan fingerprint density at radius 1 is 1.06 bits per heavy atom. The first kappa shape index (κ1) is 25.7. The van der Waals surface area contributed by atoms with Gasteiger partial charge in [0, 0.05) is 0 Å². The molecule has 1 aromatic carbocycles. The van der Waals surface area contributed by atoms with E-state index in [0.29, 0.717) is 5.57 Å². The molecule has 3 rings (SSSR count). The van der Waals surface area contributed by atoms with Gasteiger partial charge in [0.2, 0.25) is 0 Å². The predicted molar refractivity (Wildman–Crippen MR) is 128 cm³/mol. The summed E-state index contributed by atoms with van der Waals surface area (Å²) in [6.45, 7) is 10.2. The van der Waals surface area contributed by atoms with Gasteiger partial charge in [0.15, 0.2) is 0 Å². The highest BCUT2D eigenvalue weighted by atomic mass is 16.5. The largest absolute Gasteiger partial charge is 0.497 e. The van der Waals surface area contributed by atoms with E-state index in [1.54, 1.807) is 7.11 Å². The molecule has 0 unspecified atom stereocenters. The first-order valence-corrected chi connectivity index (χ1v) is 11.7. The average Bonchev–Trinajstić information content (AvgIpc) is 3.27. The Labute approximate surface area is 196 Å². The molecule has 5 atom stereocenters. The molecule has 0 spiro atoms. The van der Waals surface area contributed by atoms with Crippen molar-refractivity contribution in [2.75, 3.05) is 13.7 Å². The molecule has 2 aliphatic rings. The van der Waals surface area contributed by atoms with Crippen LogP contribution in [0.4, 0.5) is 0 Å². The standard InChI is InChI=1S/C27H38O6/c1-15(2)23(17(4)27-26(31)25(30)24(29)22(14-28)33-27)21-8-6-7-20(21)16(3)13-18-9-11-19(32-5)12-10-18/h9-12,15,22,24-31H,4,6-8,13-14H2,1-3,5H3/b20-16+,23-21-/t22-,24-,25+,26-,27+/m1/s1. The minimum Gasteiger partial charge on any atom is -0.497 e. The highest BCUT2D eigenvalue weighted by Crippen LogP contribution is 2.42. The van der Waals surface area contributed by atoms with Crippen LogP contribution in [-0.4, -0.2) is 64.7 Å². The fourth-order valence-electron chi connectivity index (χ4n) is 5.12. The van der Waals surface area contributed by atoms with Crippen molar-refractivity contribution in [1.82, 2.24) is 0 Å². The second kappa shape index (κ2) is 11.0. The minimum atomic E-state index is -1.41. The second-order valence-electron chi connectivity index (χ2n) is 9.46. The Morgan fingerprint density at radius 2 is 1.70 bits per heavy atom. The van der Waals surface area contributed by atoms with Crippen molar-refractivity contribution >= 4 is 0 Å². The third-order valence-corrected chi connectivity index (χ3v) is 6.85. The topological polar surface area (TPSA) is 99.4 Å². The number of ether oxygens (including phenoxy) is 2. The van der Waals surface area contributed by atoms with Crippen LogP contribution in [0.15, 0.2) is 58.7 Å². The third-order valence-electron chi connectivity index (χ3n) is 6.85. The van der Waals surface area contributed by atoms with Crippen LogP contribution in [-0.2, 0) is 11.2 Å². The highest BCUT2D eigenvalue weighted by molar-refractivity contribution is 5.51. The van der Waals surface area contributed by atoms with Gasteiger partial charge < -0.3 is 29.9 Å². The van der Waals surface area contributed by atoms with Crippen LogP contribution in [0.2, 0.25) is 0 Å². The van der Waals surface area contributed by atoms with Crippen LogP contribution in [0, 0.1) is 5.92 Å². The molecule has 1 heterocycles. The molecule has 1 aliphatic carbocycles. The summed E-state index contributed by atoms with van der Waals surface area (Å²) in [7, 11) is 1.66. The van der Waals surface area contributed by atoms with Crippen LogP contribution in [0.3, 0.4) is 0 Å². The molecule has 1 aromatic rings. The van der Waals surface area contributed by atoms with Crippen LogP contribution in [0.25, 0.3) is 0 Å². The van der Waals surface area contributed by atoms with Gasteiger partial charge in [0.05, 0.1) is 13.7 Å². The summed E-state index contributed by atoms with van der Waals surface area (Å²) in [6.07, 6.45) is -2.17. The lowest BCUT2D eigenvalue weighted by Gasteiger charge is -2.42. The maximum absolute atomic E-state index is 10.7. The van der Waals surface area contributed by atoms with Crippen molar-refractivity contribution in [3.8, 4) is 5.75 Å². The van der Waals surface area contributed by atoms with E-state index in [0.717, 1.165) is 37.0 Å². The number of hydrogen-bond donors (Lipinski definition) is 4. The average molecular weight is 459 g/mol. The predicted octanol–water partition coefficient (Wildman–Crippen LogP) is 3.09. The van der Waals surface area contributed by atoms with Crippen LogP contribution in [0.5, 0.6) is 5.75 Å². The van der Waals surface area contributed by atoms with E-state index in [-0.39, 0.29) is 5.92 Å². The van der Waals surface area contributed by atoms with Gasteiger partial charge in [-0.05, 0) is 78.5 Å². The number of methoxy groups -OCH3 is 1. The van der Waals surface area contributed by atoms with E-state index in [9.17, 15) is 20.4 Å². The van der Waals surface area contributed by atoms with Crippen molar-refractivity contribution in [3.05, 3.63) is 64.3 Å². The molecule has 33 heavy (non-hydrogen) atoms. The van der Waals surface area contributed by atoms with E-state index in [4.69, 9.17) is 9.47 Å². The summed E-state index contributed by atoms with van der Waals surface area (Å²) in [5, 5.41) is 40.7. The molecule has 2 fully saturated rings. The van der Waals surface area contributed by atoms with Gasteiger partial charge in [-0.2, -0.15) is 0 Å². The molecular formula is C27H38O6. The van der Waals surface area contributed by atoms with E-state index in [1.807, 2.05) is 12.1 Å². The van der Waals surface area contributed by atoms with E-state index in [1.165, 1.54) is 22.3 Å². The molecule has 4 N–H and O–H groups in total. The number of allylic oxidation sites excluding steroid dienone is 3. The van der Waals surface area contributed by atoms with Crippen molar-refractivity contribution < 1.29 is 29.9 Å². The lowest BCUT2D eigenvalue weighted by molar-refractivity contribution is -0.219. The van der Waals surface area contributed by atoms with Crippen molar-refractivity contribution in [2.24, 2.45) is 5.92 Å². The fraction of sp³-hybridized carbons (Fsp3) is 0.556. The van der Waals surface area contributed by atoms with E-state index in [2.05, 4.69) is 39.5 Å². The van der Waals surface area contributed by atoms with Gasteiger partial charge in [-0.15, -0.1) is 0 Å². The minimum absolute atomic E-state index is 0.127. The molecule has 182 valence electrons. The summed E-state index contributed by atoms with van der Waals surface area (Å²) < 4.78 is 11.1. The number of aliphatic hydroxyl groups is 4. The normalized spacial score (nSPS) is 31.0. The van der Waals surface area contributed by atoms with Gasteiger partial charge in [-0.25, -0.2) is 0 Å². The van der Waals surface area contributed by atoms with Gasteiger partial charge in [0.25, 0.3) is 0 Å². The smallest absolute Gasteiger partial charge is 0.118 e. The summed E-state index contributed by atoms with van der Waals surface area (Å²) in [4.78, 5) is 0. The summed E-state index contributed by atoms with van der Waals surface area (Å²) in [6, 6.07) is 8.10. The second-order valence-corrected chi connectivity index (χ2v) is 9.46. The monoisotopic (exact) mass is 458 g/mol. The number of aliphatic hydroxyl groups excluding tert-OH is 4. The zero-order valence-corrected chi connectivity index (χ0v) is 20.1. The molecule has 0 aromatic heterocycles. The fourth-order valence-corrected chi connectivity index (χ4v) is 5.12. The van der Waals surface area contributed by atoms with Gasteiger partial charge in [-0.1, -0.05) is 38.1 Å². The Bertz CT molecular complexity index is 896. The Hall–Kier alpha value is -1.96. The molecule has 1 aliphatic heterocycles. The lowest BCUT2D eigenvalue weighted by Crippen LogP contribution is -2.59. The SMILES string of the molecule is C=C(/C(=C1/CCC/C1=C(/C)Cc1ccc(OC)cc1)C(C)C)[C@@H]1O[C@H](CO)[C@@H](O)[C@H](O)[C@H]1O.